The number of methoxy groups -OCH3 is 3. The molecule has 0 spiro atoms. The summed E-state index contributed by atoms with van der Waals surface area (Å²) in [6.07, 6.45) is 0.680. The lowest BCUT2D eigenvalue weighted by Crippen LogP contribution is -2.33. The van der Waals surface area contributed by atoms with Gasteiger partial charge in [0.15, 0.2) is 11.5 Å². The summed E-state index contributed by atoms with van der Waals surface area (Å²) in [6.45, 7) is 2.33. The number of nitrogens with zero attached hydrogens (tertiary/aromatic N) is 2. The first-order valence-electron chi connectivity index (χ1n) is 11.1. The Bertz CT molecular complexity index is 1360. The van der Waals surface area contributed by atoms with Crippen LogP contribution in [0, 0.1) is 18.3 Å². The normalized spacial score (nSPS) is 14.5. The van der Waals surface area contributed by atoms with Crippen LogP contribution in [0.5, 0.6) is 23.0 Å². The fourth-order valence-corrected chi connectivity index (χ4v) is 4.45. The van der Waals surface area contributed by atoms with E-state index in [1.54, 1.807) is 22.8 Å². The van der Waals surface area contributed by atoms with Crippen LogP contribution in [0.15, 0.2) is 64.8 Å². The Hall–Kier alpha value is -4.38. The van der Waals surface area contributed by atoms with Crippen molar-refractivity contribution in [1.82, 2.24) is 4.57 Å². The van der Waals surface area contributed by atoms with Crippen LogP contribution in [0.2, 0.25) is 0 Å². The van der Waals surface area contributed by atoms with Gasteiger partial charge in [-0.3, -0.25) is 4.79 Å². The Morgan fingerprint density at radius 1 is 1.06 bits per heavy atom. The number of nitriles is 1. The van der Waals surface area contributed by atoms with Crippen LogP contribution in [0.1, 0.15) is 28.3 Å². The molecule has 0 saturated carbocycles. The summed E-state index contributed by atoms with van der Waals surface area (Å²) in [7, 11) is 4.53. The number of rotatable bonds is 7. The summed E-state index contributed by atoms with van der Waals surface area (Å²) in [5.74, 6) is 0.738. The van der Waals surface area contributed by atoms with Crippen LogP contribution in [0.3, 0.4) is 0 Å². The van der Waals surface area contributed by atoms with Gasteiger partial charge in [-0.05, 0) is 36.6 Å². The molecular formula is C27H27N3O5. The van der Waals surface area contributed by atoms with Gasteiger partial charge in [0.25, 0.3) is 5.56 Å². The molecule has 2 heterocycles. The second-order valence-corrected chi connectivity index (χ2v) is 8.14. The molecule has 2 N–H and O–H groups in total. The lowest BCUT2D eigenvalue weighted by atomic mass is 9.83. The van der Waals surface area contributed by atoms with Crippen LogP contribution >= 0.6 is 0 Å². The zero-order valence-corrected chi connectivity index (χ0v) is 20.1. The Morgan fingerprint density at radius 3 is 2.29 bits per heavy atom. The molecule has 4 rings (SSSR count). The second-order valence-electron chi connectivity index (χ2n) is 8.14. The van der Waals surface area contributed by atoms with E-state index in [0.29, 0.717) is 47.1 Å². The quantitative estimate of drug-likeness (QED) is 0.558. The molecule has 8 nitrogen and oxygen atoms in total. The zero-order valence-electron chi connectivity index (χ0n) is 20.1. The minimum atomic E-state index is -0.770. The number of aryl methyl sites for hydroxylation is 2. The number of pyridine rings is 1. The van der Waals surface area contributed by atoms with Crippen molar-refractivity contribution in [3.05, 3.63) is 92.7 Å². The molecule has 35 heavy (non-hydrogen) atoms. The fraction of sp³-hybridized carbons (Fsp3) is 0.259. The van der Waals surface area contributed by atoms with E-state index in [9.17, 15) is 10.1 Å². The first kappa shape index (κ1) is 23.8. The highest BCUT2D eigenvalue weighted by Crippen LogP contribution is 2.46. The molecule has 1 aromatic heterocycles. The first-order chi connectivity index (χ1) is 16.9. The molecule has 0 saturated heterocycles. The van der Waals surface area contributed by atoms with Crippen molar-refractivity contribution in [2.45, 2.75) is 25.8 Å². The number of aromatic nitrogens is 1. The van der Waals surface area contributed by atoms with E-state index in [0.717, 1.165) is 11.3 Å². The lowest BCUT2D eigenvalue weighted by molar-refractivity contribution is 0.323. The minimum absolute atomic E-state index is 0.0420. The van der Waals surface area contributed by atoms with Gasteiger partial charge in [-0.15, -0.1) is 0 Å². The van der Waals surface area contributed by atoms with Gasteiger partial charge < -0.3 is 29.2 Å². The largest absolute Gasteiger partial charge is 0.493 e. The van der Waals surface area contributed by atoms with Crippen LogP contribution in [-0.4, -0.2) is 25.9 Å². The summed E-state index contributed by atoms with van der Waals surface area (Å²) in [5, 5.41) is 9.98. The third-order valence-electron chi connectivity index (χ3n) is 6.18. The topological polar surface area (TPSA) is 109 Å². The monoisotopic (exact) mass is 473 g/mol. The summed E-state index contributed by atoms with van der Waals surface area (Å²) in [4.78, 5) is 13.9. The van der Waals surface area contributed by atoms with Crippen molar-refractivity contribution < 1.29 is 18.9 Å². The summed E-state index contributed by atoms with van der Waals surface area (Å²) in [6, 6.07) is 17.3. The maximum absolute atomic E-state index is 13.9. The van der Waals surface area contributed by atoms with E-state index in [1.165, 1.54) is 21.3 Å². The molecule has 0 unspecified atom stereocenters. The van der Waals surface area contributed by atoms with E-state index in [-0.39, 0.29) is 17.0 Å². The predicted octanol–water partition coefficient (Wildman–Crippen LogP) is 3.64. The molecule has 0 radical (unpaired) electrons. The third kappa shape index (κ3) is 4.28. The van der Waals surface area contributed by atoms with Gasteiger partial charge >= 0.3 is 0 Å². The molecule has 2 aromatic carbocycles. The van der Waals surface area contributed by atoms with E-state index >= 15 is 0 Å². The van der Waals surface area contributed by atoms with E-state index in [2.05, 4.69) is 6.07 Å². The Balaban J connectivity index is 1.90. The van der Waals surface area contributed by atoms with Crippen LogP contribution in [0.25, 0.3) is 0 Å². The van der Waals surface area contributed by atoms with E-state index in [1.807, 2.05) is 37.3 Å². The molecule has 1 aliphatic rings. The Morgan fingerprint density at radius 2 is 1.71 bits per heavy atom. The highest BCUT2D eigenvalue weighted by Gasteiger charge is 2.35. The van der Waals surface area contributed by atoms with Gasteiger partial charge in [0.2, 0.25) is 11.6 Å². The highest BCUT2D eigenvalue weighted by atomic mass is 16.5. The summed E-state index contributed by atoms with van der Waals surface area (Å²) in [5.41, 5.74) is 8.83. The van der Waals surface area contributed by atoms with Crippen LogP contribution < -0.4 is 30.2 Å². The van der Waals surface area contributed by atoms with Gasteiger partial charge in [0, 0.05) is 18.3 Å². The van der Waals surface area contributed by atoms with Gasteiger partial charge in [-0.2, -0.15) is 5.26 Å². The standard InChI is InChI=1S/C27H27N3O5/c1-16-12-20-24(27(31)30(16)11-10-17-8-6-5-7-9-17)23(19(15-28)26(29)35-20)18-13-21(32-2)25(34-4)22(14-18)33-3/h5-9,12-14,23H,10-11,29H2,1-4H3/t23-/m1/s1. The van der Waals surface area contributed by atoms with E-state index < -0.39 is 5.92 Å². The van der Waals surface area contributed by atoms with Gasteiger partial charge in [0.05, 0.1) is 32.8 Å². The number of ether oxygens (including phenoxy) is 4. The average molecular weight is 474 g/mol. The molecular weight excluding hydrogens is 446 g/mol. The number of benzene rings is 2. The van der Waals surface area contributed by atoms with Crippen molar-refractivity contribution in [3.63, 3.8) is 0 Å². The van der Waals surface area contributed by atoms with Crippen molar-refractivity contribution in [3.8, 4) is 29.1 Å². The Kier molecular flexibility index (Phi) is 6.69. The molecule has 0 aliphatic carbocycles. The number of allylic oxidation sites excluding steroid dienone is 1. The molecule has 0 fully saturated rings. The van der Waals surface area contributed by atoms with Crippen molar-refractivity contribution in [1.29, 1.82) is 5.26 Å². The smallest absolute Gasteiger partial charge is 0.258 e. The number of hydrogen-bond donors (Lipinski definition) is 1. The van der Waals surface area contributed by atoms with Crippen LogP contribution in [-0.2, 0) is 13.0 Å². The fourth-order valence-electron chi connectivity index (χ4n) is 4.45. The SMILES string of the molecule is COc1cc([C@@H]2C(C#N)=C(N)Oc3cc(C)n(CCc4ccccc4)c(=O)c32)cc(OC)c1OC. The predicted molar refractivity (Wildman–Crippen MR) is 131 cm³/mol. The molecule has 1 aliphatic heterocycles. The van der Waals surface area contributed by atoms with Gasteiger partial charge in [0.1, 0.15) is 17.4 Å². The number of fused-ring (bicyclic) bond motifs is 1. The van der Waals surface area contributed by atoms with E-state index in [4.69, 9.17) is 24.7 Å². The highest BCUT2D eigenvalue weighted by molar-refractivity contribution is 5.61. The maximum atomic E-state index is 13.9. The molecule has 0 bridgehead atoms. The summed E-state index contributed by atoms with van der Waals surface area (Å²) >= 11 is 0. The third-order valence-corrected chi connectivity index (χ3v) is 6.18. The van der Waals surface area contributed by atoms with Crippen LogP contribution in [0.4, 0.5) is 0 Å². The summed E-state index contributed by atoms with van der Waals surface area (Å²) < 4.78 is 23.9. The second kappa shape index (κ2) is 9.85. The average Bonchev–Trinajstić information content (AvgIpc) is 2.87. The van der Waals surface area contributed by atoms with Crippen molar-refractivity contribution in [2.75, 3.05) is 21.3 Å². The van der Waals surface area contributed by atoms with Crippen molar-refractivity contribution in [2.24, 2.45) is 5.73 Å². The lowest BCUT2D eigenvalue weighted by Gasteiger charge is -2.28. The molecule has 3 aromatic rings. The maximum Gasteiger partial charge on any atom is 0.258 e. The zero-order chi connectivity index (χ0) is 25.1. The molecule has 8 heteroatoms. The van der Waals surface area contributed by atoms with Crippen molar-refractivity contribution >= 4 is 0 Å². The molecule has 0 amide bonds. The Labute approximate surface area is 203 Å². The molecule has 180 valence electrons. The number of nitrogens with two attached hydrogens (primary N) is 1. The van der Waals surface area contributed by atoms with Gasteiger partial charge in [-0.1, -0.05) is 30.3 Å². The van der Waals surface area contributed by atoms with Gasteiger partial charge in [-0.25, -0.2) is 0 Å². The first-order valence-corrected chi connectivity index (χ1v) is 11.1. The molecule has 1 atom stereocenters. The minimum Gasteiger partial charge on any atom is -0.493 e. The number of hydrogen-bond acceptors (Lipinski definition) is 7.